The number of halogens is 5. The van der Waals surface area contributed by atoms with E-state index in [4.69, 9.17) is 0 Å². The summed E-state index contributed by atoms with van der Waals surface area (Å²) in [5.74, 6) is 0. The van der Waals surface area contributed by atoms with E-state index < -0.39 is 37.1 Å². The normalized spacial score (nSPS) is 4.75. The summed E-state index contributed by atoms with van der Waals surface area (Å²) in [4.78, 5) is 0. The van der Waals surface area contributed by atoms with Crippen molar-refractivity contribution < 1.29 is 77.1 Å². The molecule has 0 fully saturated rings. The maximum absolute atomic E-state index is 9.88. The van der Waals surface area contributed by atoms with Crippen molar-refractivity contribution in [3.05, 3.63) is 0 Å². The monoisotopic (exact) mass is 333 g/mol. The Morgan fingerprint density at radius 2 is 1.00 bits per heavy atom. The summed E-state index contributed by atoms with van der Waals surface area (Å²) in [7, 11) is 0. The zero-order valence-electron chi connectivity index (χ0n) is 3.97. The average Bonchev–Trinajstić information content (AvgIpc) is 1.75. The van der Waals surface area contributed by atoms with Crippen LogP contribution in [0.3, 0.4) is 0 Å². The fraction of sp³-hybridized carbons (Fsp3) is 0. The third-order valence-corrected chi connectivity index (χ3v) is 0. The van der Waals surface area contributed by atoms with Crippen molar-refractivity contribution >= 4 is 18.2 Å². The fourth-order valence-corrected chi connectivity index (χ4v) is 0. The molecule has 0 saturated heterocycles. The van der Waals surface area contributed by atoms with Gasteiger partial charge in [-0.1, -0.05) is 0 Å². The van der Waals surface area contributed by atoms with Gasteiger partial charge in [-0.3, -0.25) is 0 Å². The standard InChI is InChI=1S/5FH.Li.Nd.Y/h5*1H;;;/q;;;;;+1;+3;+1/p-5. The molecule has 0 nitrogen and oxygen atoms in total. The summed E-state index contributed by atoms with van der Waals surface area (Å²) in [6.45, 7) is 0. The van der Waals surface area contributed by atoms with E-state index >= 15 is 0 Å². The molecule has 0 saturated carbocycles. The average molecular weight is 335 g/mol. The van der Waals surface area contributed by atoms with E-state index in [1.165, 1.54) is 0 Å². The quantitative estimate of drug-likeness (QED) is 0.467. The Balaban J connectivity index is -0.0000000542. The molecule has 0 aromatic carbocycles. The molecule has 0 aromatic heterocycles. The molecule has 0 aromatic rings. The molecule has 0 amide bonds. The Morgan fingerprint density at radius 3 is 1.00 bits per heavy atom. The Labute approximate surface area is 93.1 Å². The van der Waals surface area contributed by atoms with Crippen molar-refractivity contribution in [3.8, 4) is 0 Å². The van der Waals surface area contributed by atoms with E-state index in [9.17, 15) is 8.34 Å². The molecular formula is F5LiNdY. The summed E-state index contributed by atoms with van der Waals surface area (Å²) in [6, 6.07) is 0. The van der Waals surface area contributed by atoms with E-state index in [0.717, 1.165) is 0 Å². The van der Waals surface area contributed by atoms with Crippen LogP contribution in [0.5, 0.6) is 0 Å². The van der Waals surface area contributed by atoms with Gasteiger partial charge in [-0.05, 0) is 0 Å². The summed E-state index contributed by atoms with van der Waals surface area (Å²) >= 11 is -4.81. The van der Waals surface area contributed by atoms with Crippen molar-refractivity contribution in [2.75, 3.05) is 0 Å². The van der Waals surface area contributed by atoms with Crippen molar-refractivity contribution in [1.29, 1.82) is 0 Å². The van der Waals surface area contributed by atoms with Crippen LogP contribution in [0.25, 0.3) is 0 Å². The Morgan fingerprint density at radius 1 is 1.00 bits per heavy atom. The molecule has 0 rings (SSSR count). The molecule has 0 spiro atoms. The van der Waals surface area contributed by atoms with Gasteiger partial charge in [0.05, 0.1) is 0 Å². The third-order valence-electron chi connectivity index (χ3n) is 0. The fourth-order valence-electron chi connectivity index (χ4n) is 0. The zero-order chi connectivity index (χ0) is 7.58. The van der Waals surface area contributed by atoms with Gasteiger partial charge in [-0.25, -0.2) is 0 Å². The van der Waals surface area contributed by atoms with Gasteiger partial charge in [-0.15, -0.1) is 0 Å². The topological polar surface area (TPSA) is 0 Å². The minimum atomic E-state index is -5.16. The first-order valence-electron chi connectivity index (χ1n) is 1.16. The minimum absolute atomic E-state index is 0.150. The Kier molecular flexibility index (Phi) is 48.0. The van der Waals surface area contributed by atoms with Crippen LogP contribution in [0.2, 0.25) is 0 Å². The number of rotatable bonds is 0. The van der Waals surface area contributed by atoms with Crippen LogP contribution in [0, 0.1) is 37.1 Å². The van der Waals surface area contributed by atoms with Gasteiger partial charge < -0.3 is 0 Å². The summed E-state index contributed by atoms with van der Waals surface area (Å²) in [5, 5.41) is 0. The molecule has 43 valence electrons. The Hall–Kier alpha value is 2.70. The van der Waals surface area contributed by atoms with Gasteiger partial charge >= 0.3 is 95.3 Å². The first kappa shape index (κ1) is 17.0. The van der Waals surface area contributed by atoms with Crippen molar-refractivity contribution in [2.45, 2.75) is 0 Å². The SMILES string of the molecule is [F][Nd]([F])[F].[F][Y].[Li][F]. The van der Waals surface area contributed by atoms with Crippen molar-refractivity contribution in [2.24, 2.45) is 0 Å². The van der Waals surface area contributed by atoms with Crippen LogP contribution in [0.15, 0.2) is 0 Å². The summed E-state index contributed by atoms with van der Waals surface area (Å²) in [5.41, 5.74) is 0. The Bertz CT molecular complexity index is 17.1. The van der Waals surface area contributed by atoms with Crippen molar-refractivity contribution in [1.82, 2.24) is 0 Å². The van der Waals surface area contributed by atoms with Crippen molar-refractivity contribution in [3.63, 3.8) is 0 Å². The van der Waals surface area contributed by atoms with E-state index in [0.29, 0.717) is 18.2 Å². The van der Waals surface area contributed by atoms with E-state index in [1.807, 2.05) is 0 Å². The first-order valence-corrected chi connectivity index (χ1v) is 5.87. The van der Waals surface area contributed by atoms with E-state index in [1.54, 1.807) is 0 Å². The molecule has 8 heteroatoms. The molecule has 0 aliphatic heterocycles. The first-order chi connectivity index (χ1) is 3.73. The van der Waals surface area contributed by atoms with Gasteiger partial charge in [-0.2, -0.15) is 0 Å². The van der Waals surface area contributed by atoms with E-state index in [-0.39, 0.29) is 31.7 Å². The molecule has 0 bridgehead atoms. The second kappa shape index (κ2) is 22.6. The van der Waals surface area contributed by atoms with Gasteiger partial charge in [0.25, 0.3) is 0 Å². The van der Waals surface area contributed by atoms with Crippen LogP contribution in [-0.2, 0) is 31.7 Å². The summed E-state index contributed by atoms with van der Waals surface area (Å²) in [6.07, 6.45) is 0. The molecule has 0 radical (unpaired) electrons. The van der Waals surface area contributed by atoms with Crippen LogP contribution >= 0.6 is 0 Å². The molecule has 0 aliphatic rings. The van der Waals surface area contributed by atoms with Gasteiger partial charge in [0, 0.05) is 0 Å². The summed E-state index contributed by atoms with van der Waals surface area (Å²) < 4.78 is 48.8. The molecule has 0 aliphatic carbocycles. The number of hydrogen-bond acceptors (Lipinski definition) is 0. The maximum atomic E-state index is 9.88. The van der Waals surface area contributed by atoms with Gasteiger partial charge in [0.2, 0.25) is 0 Å². The number of hydrogen-bond donors (Lipinski definition) is 0. The van der Waals surface area contributed by atoms with E-state index in [2.05, 4.69) is 0 Å². The predicted octanol–water partition coefficient (Wildman–Crippen LogP) is 1.72. The molecule has 0 unspecified atom stereocenters. The van der Waals surface area contributed by atoms with Crippen LogP contribution < -0.4 is 0 Å². The van der Waals surface area contributed by atoms with Gasteiger partial charge in [0.15, 0.2) is 0 Å². The molecule has 8 heavy (non-hydrogen) atoms. The van der Waals surface area contributed by atoms with Crippen LogP contribution in [-0.4, -0.2) is 18.2 Å². The zero-order valence-corrected chi connectivity index (χ0v) is 10.0. The molecular weight excluding hydrogens is 335 g/mol. The van der Waals surface area contributed by atoms with Crippen LogP contribution in [0.4, 0.5) is 8.34 Å². The second-order valence-corrected chi connectivity index (χ2v) is 1.59. The molecule has 0 heterocycles. The van der Waals surface area contributed by atoms with Crippen LogP contribution in [0.1, 0.15) is 0 Å². The second-order valence-electron chi connectivity index (χ2n) is 0.214. The van der Waals surface area contributed by atoms with Gasteiger partial charge in [0.1, 0.15) is 0 Å². The predicted molar refractivity (Wildman–Crippen MR) is 11.3 cm³/mol. The molecule has 0 atom stereocenters. The third kappa shape index (κ3) is 70.7. The molecule has 0 N–H and O–H groups in total.